The molecule has 7 heteroatoms. The topological polar surface area (TPSA) is 52.6 Å². The molecule has 0 aromatic heterocycles. The van der Waals surface area contributed by atoms with Gasteiger partial charge in [-0.1, -0.05) is 29.3 Å². The minimum Gasteiger partial charge on any atom is -0.496 e. The number of hydrogen-bond donors (Lipinski definition) is 0. The SMILES string of the molecule is COc1ccc(P=O)c(OC)c1C(=O)c1c(Cl)cccc1Cl. The van der Waals surface area contributed by atoms with E-state index in [1.165, 1.54) is 14.2 Å². The highest BCUT2D eigenvalue weighted by molar-refractivity contribution is 7.34. The number of benzene rings is 2. The molecule has 114 valence electrons. The number of rotatable bonds is 5. The Kier molecular flexibility index (Phi) is 5.41. The average Bonchev–Trinajstić information content (AvgIpc) is 2.52. The van der Waals surface area contributed by atoms with Gasteiger partial charge in [-0.25, -0.2) is 0 Å². The predicted octanol–water partition coefficient (Wildman–Crippen LogP) is 4.16. The zero-order chi connectivity index (χ0) is 16.3. The summed E-state index contributed by atoms with van der Waals surface area (Å²) in [6.45, 7) is 0. The third kappa shape index (κ3) is 2.95. The van der Waals surface area contributed by atoms with Gasteiger partial charge >= 0.3 is 0 Å². The molecule has 0 heterocycles. The minimum absolute atomic E-state index is 0.126. The molecular weight excluding hydrogens is 346 g/mol. The Morgan fingerprint density at radius 1 is 1.00 bits per heavy atom. The molecule has 0 atom stereocenters. The van der Waals surface area contributed by atoms with Gasteiger partial charge < -0.3 is 9.47 Å². The van der Waals surface area contributed by atoms with Crippen molar-refractivity contribution < 1.29 is 18.8 Å². The van der Waals surface area contributed by atoms with Crippen molar-refractivity contribution in [3.63, 3.8) is 0 Å². The molecule has 0 N–H and O–H groups in total. The summed E-state index contributed by atoms with van der Waals surface area (Å²) in [5.41, 5.74) is 0.267. The summed E-state index contributed by atoms with van der Waals surface area (Å²) in [4.78, 5) is 12.9. The zero-order valence-electron chi connectivity index (χ0n) is 11.7. The van der Waals surface area contributed by atoms with Crippen molar-refractivity contribution in [3.8, 4) is 11.5 Å². The first-order valence-electron chi connectivity index (χ1n) is 6.12. The smallest absolute Gasteiger partial charge is 0.203 e. The maximum absolute atomic E-state index is 12.9. The summed E-state index contributed by atoms with van der Waals surface area (Å²) in [7, 11) is 2.53. The van der Waals surface area contributed by atoms with Crippen LogP contribution in [0.5, 0.6) is 11.5 Å². The van der Waals surface area contributed by atoms with E-state index in [-0.39, 0.29) is 41.1 Å². The Hall–Kier alpha value is -1.61. The molecule has 0 spiro atoms. The van der Waals surface area contributed by atoms with E-state index >= 15 is 0 Å². The van der Waals surface area contributed by atoms with E-state index in [0.717, 1.165) is 0 Å². The molecule has 0 aliphatic heterocycles. The lowest BCUT2D eigenvalue weighted by Gasteiger charge is -2.14. The lowest BCUT2D eigenvalue weighted by Crippen LogP contribution is -2.12. The van der Waals surface area contributed by atoms with Gasteiger partial charge in [-0.05, 0) is 24.3 Å². The van der Waals surface area contributed by atoms with Crippen LogP contribution in [0.3, 0.4) is 0 Å². The molecule has 22 heavy (non-hydrogen) atoms. The normalized spacial score (nSPS) is 10.5. The quantitative estimate of drug-likeness (QED) is 0.596. The first-order valence-corrected chi connectivity index (χ1v) is 7.69. The molecule has 2 rings (SSSR count). The highest BCUT2D eigenvalue weighted by Gasteiger charge is 2.26. The van der Waals surface area contributed by atoms with Crippen molar-refractivity contribution in [1.29, 1.82) is 0 Å². The summed E-state index contributed by atoms with van der Waals surface area (Å²) in [6, 6.07) is 7.87. The standard InChI is InChI=1S/C15H11Cl2O4P/c1-20-10-6-7-11(22-19)15(21-2)13(10)14(18)12-8(16)4-3-5-9(12)17/h3-7H,1-2H3. The van der Waals surface area contributed by atoms with Crippen molar-refractivity contribution in [2.45, 2.75) is 0 Å². The van der Waals surface area contributed by atoms with Gasteiger partial charge in [-0.2, -0.15) is 0 Å². The maximum atomic E-state index is 12.9. The predicted molar refractivity (Wildman–Crippen MR) is 86.7 cm³/mol. The van der Waals surface area contributed by atoms with E-state index < -0.39 is 5.78 Å². The van der Waals surface area contributed by atoms with Gasteiger partial charge in [0.15, 0.2) is 8.46 Å². The van der Waals surface area contributed by atoms with Crippen LogP contribution in [0, 0.1) is 0 Å². The van der Waals surface area contributed by atoms with E-state index in [1.54, 1.807) is 30.3 Å². The van der Waals surface area contributed by atoms with Gasteiger partial charge in [0.2, 0.25) is 5.78 Å². The summed E-state index contributed by atoms with van der Waals surface area (Å²) in [5, 5.41) is 0.758. The second-order valence-electron chi connectivity index (χ2n) is 4.21. The Bertz CT molecular complexity index is 726. The van der Waals surface area contributed by atoms with Crippen LogP contribution in [-0.4, -0.2) is 20.0 Å². The first-order chi connectivity index (χ1) is 10.5. The summed E-state index contributed by atoms with van der Waals surface area (Å²) in [5.74, 6) is -0.0166. The molecule has 0 aliphatic rings. The molecule has 4 nitrogen and oxygen atoms in total. The fourth-order valence-electron chi connectivity index (χ4n) is 2.06. The Morgan fingerprint density at radius 2 is 1.64 bits per heavy atom. The van der Waals surface area contributed by atoms with Crippen molar-refractivity contribution >= 4 is 42.7 Å². The van der Waals surface area contributed by atoms with Gasteiger partial charge in [0.05, 0.1) is 35.1 Å². The van der Waals surface area contributed by atoms with Crippen molar-refractivity contribution in [3.05, 3.63) is 51.5 Å². The molecular formula is C15H11Cl2O4P. The maximum Gasteiger partial charge on any atom is 0.203 e. The van der Waals surface area contributed by atoms with Gasteiger partial charge in [0.25, 0.3) is 0 Å². The van der Waals surface area contributed by atoms with Crippen LogP contribution in [0.4, 0.5) is 0 Å². The van der Waals surface area contributed by atoms with Gasteiger partial charge in [-0.3, -0.25) is 9.36 Å². The molecule has 0 saturated carbocycles. The fourth-order valence-corrected chi connectivity index (χ4v) is 3.05. The number of halogens is 2. The fraction of sp³-hybridized carbons (Fsp3) is 0.133. The Balaban J connectivity index is 2.75. The number of hydrogen-bond acceptors (Lipinski definition) is 4. The zero-order valence-corrected chi connectivity index (χ0v) is 14.1. The minimum atomic E-state index is -0.463. The second-order valence-corrected chi connectivity index (χ2v) is 5.69. The van der Waals surface area contributed by atoms with Crippen molar-refractivity contribution in [2.24, 2.45) is 0 Å². The lowest BCUT2D eigenvalue weighted by atomic mass is 10.0. The van der Waals surface area contributed by atoms with Crippen LogP contribution in [0.1, 0.15) is 15.9 Å². The number of ketones is 1. The number of ether oxygens (including phenoxy) is 2. The molecule has 0 saturated heterocycles. The molecule has 2 aromatic carbocycles. The van der Waals surface area contributed by atoms with Gasteiger partial charge in [-0.15, -0.1) is 0 Å². The van der Waals surface area contributed by atoms with E-state index in [1.807, 2.05) is 0 Å². The summed E-state index contributed by atoms with van der Waals surface area (Å²) < 4.78 is 21.7. The van der Waals surface area contributed by atoms with Crippen LogP contribution in [0.15, 0.2) is 30.3 Å². The molecule has 2 aromatic rings. The monoisotopic (exact) mass is 356 g/mol. The Morgan fingerprint density at radius 3 is 2.14 bits per heavy atom. The molecule has 0 amide bonds. The third-order valence-electron chi connectivity index (χ3n) is 3.04. The second kappa shape index (κ2) is 7.10. The van der Waals surface area contributed by atoms with Gasteiger partial charge in [0, 0.05) is 0 Å². The summed E-state index contributed by atoms with van der Waals surface area (Å²) in [6.07, 6.45) is 0. The molecule has 0 fully saturated rings. The van der Waals surface area contributed by atoms with Crippen LogP contribution < -0.4 is 14.8 Å². The van der Waals surface area contributed by atoms with Crippen LogP contribution in [0.2, 0.25) is 10.0 Å². The summed E-state index contributed by atoms with van der Waals surface area (Å²) >= 11 is 12.2. The van der Waals surface area contributed by atoms with Crippen molar-refractivity contribution in [1.82, 2.24) is 0 Å². The van der Waals surface area contributed by atoms with E-state index in [4.69, 9.17) is 32.7 Å². The lowest BCUT2D eigenvalue weighted by molar-refractivity contribution is 0.103. The van der Waals surface area contributed by atoms with Crippen LogP contribution >= 0.6 is 31.7 Å². The average molecular weight is 357 g/mol. The highest BCUT2D eigenvalue weighted by atomic mass is 35.5. The highest BCUT2D eigenvalue weighted by Crippen LogP contribution is 2.35. The van der Waals surface area contributed by atoms with Crippen LogP contribution in [-0.2, 0) is 4.57 Å². The molecule has 0 aliphatic carbocycles. The van der Waals surface area contributed by atoms with Gasteiger partial charge in [0.1, 0.15) is 17.1 Å². The molecule has 0 radical (unpaired) electrons. The first kappa shape index (κ1) is 16.8. The number of methoxy groups -OCH3 is 2. The Labute approximate surface area is 139 Å². The van der Waals surface area contributed by atoms with E-state index in [2.05, 4.69) is 0 Å². The largest absolute Gasteiger partial charge is 0.496 e. The third-order valence-corrected chi connectivity index (χ3v) is 4.22. The van der Waals surface area contributed by atoms with E-state index in [9.17, 15) is 9.36 Å². The molecule has 0 bridgehead atoms. The number of carbonyl (C=O) groups excluding carboxylic acids is 1. The number of carbonyl (C=O) groups is 1. The van der Waals surface area contributed by atoms with Crippen molar-refractivity contribution in [2.75, 3.05) is 14.2 Å². The van der Waals surface area contributed by atoms with Crippen LogP contribution in [0.25, 0.3) is 0 Å². The molecule has 0 unspecified atom stereocenters. The van der Waals surface area contributed by atoms with E-state index in [0.29, 0.717) is 5.30 Å².